The van der Waals surface area contributed by atoms with Gasteiger partial charge >= 0.3 is 0 Å². The van der Waals surface area contributed by atoms with Crippen molar-refractivity contribution in [3.05, 3.63) is 66.7 Å². The third-order valence-corrected chi connectivity index (χ3v) is 6.01. The largest absolute Gasteiger partial charge is 0.369 e. The van der Waals surface area contributed by atoms with Crippen molar-refractivity contribution in [2.75, 3.05) is 42.7 Å². The van der Waals surface area contributed by atoms with Gasteiger partial charge in [-0.25, -0.2) is 4.98 Å². The fourth-order valence-electron chi connectivity index (χ4n) is 3.44. The molecular formula is C23H26N6OS. The number of guanidine groups is 1. The summed E-state index contributed by atoms with van der Waals surface area (Å²) in [7, 11) is -1.00. The third-order valence-electron chi connectivity index (χ3n) is 5.07. The molecule has 1 fully saturated rings. The highest BCUT2D eigenvalue weighted by Gasteiger charge is 2.10. The number of anilines is 2. The quantitative estimate of drug-likeness (QED) is 0.422. The molecule has 0 amide bonds. The van der Waals surface area contributed by atoms with Crippen LogP contribution in [0.15, 0.2) is 76.6 Å². The molecule has 8 heteroatoms. The molecule has 160 valence electrons. The molecule has 1 aliphatic heterocycles. The number of pyridine rings is 1. The van der Waals surface area contributed by atoms with Crippen molar-refractivity contribution in [1.82, 2.24) is 10.3 Å². The number of aromatic nitrogens is 1. The van der Waals surface area contributed by atoms with Crippen LogP contribution in [-0.2, 0) is 10.8 Å². The fraction of sp³-hybridized carbons (Fsp3) is 0.217. The molecule has 2 heterocycles. The van der Waals surface area contributed by atoms with E-state index in [1.54, 1.807) is 12.3 Å². The van der Waals surface area contributed by atoms with Crippen LogP contribution in [0.3, 0.4) is 0 Å². The molecule has 0 saturated carbocycles. The summed E-state index contributed by atoms with van der Waals surface area (Å²) < 4.78 is 11.6. The standard InChI is InChI=1S/C23H26N6OS/c1-31(30)20-11-5-17(6-12-20)21-3-2-4-22(27-21)28-23(24)26-18-7-9-19(10-8-18)29-15-13-25-14-16-29/h2-12,25H,13-16H2,1H3,(H3,24,26,27,28). The van der Waals surface area contributed by atoms with E-state index in [2.05, 4.69) is 37.6 Å². The molecule has 4 N–H and O–H groups in total. The monoisotopic (exact) mass is 434 g/mol. The molecule has 1 aromatic heterocycles. The predicted molar refractivity (Wildman–Crippen MR) is 128 cm³/mol. The van der Waals surface area contributed by atoms with Crippen LogP contribution >= 0.6 is 0 Å². The second kappa shape index (κ2) is 9.72. The first-order chi connectivity index (χ1) is 15.1. The maximum Gasteiger partial charge on any atom is 0.199 e. The van der Waals surface area contributed by atoms with Crippen LogP contribution in [0.2, 0.25) is 0 Å². The van der Waals surface area contributed by atoms with Crippen molar-refractivity contribution in [3.63, 3.8) is 0 Å². The van der Waals surface area contributed by atoms with Crippen molar-refractivity contribution in [1.29, 1.82) is 0 Å². The summed E-state index contributed by atoms with van der Waals surface area (Å²) in [6.07, 6.45) is 1.66. The maximum atomic E-state index is 11.6. The molecule has 1 atom stereocenters. The lowest BCUT2D eigenvalue weighted by Crippen LogP contribution is -2.43. The maximum absolute atomic E-state index is 11.6. The van der Waals surface area contributed by atoms with Crippen molar-refractivity contribution in [2.45, 2.75) is 4.90 Å². The highest BCUT2D eigenvalue weighted by molar-refractivity contribution is 7.84. The van der Waals surface area contributed by atoms with E-state index in [0.29, 0.717) is 5.82 Å². The lowest BCUT2D eigenvalue weighted by molar-refractivity contribution is 0.589. The Morgan fingerprint density at radius 1 is 1.06 bits per heavy atom. The van der Waals surface area contributed by atoms with Gasteiger partial charge in [-0.2, -0.15) is 4.99 Å². The lowest BCUT2D eigenvalue weighted by atomic mass is 10.1. The number of hydrogen-bond acceptors (Lipinski definition) is 5. The number of piperazine rings is 1. The number of nitrogens with zero attached hydrogens (tertiary/aromatic N) is 3. The van der Waals surface area contributed by atoms with Crippen LogP contribution in [0.25, 0.3) is 11.3 Å². The second-order valence-corrected chi connectivity index (χ2v) is 8.65. The zero-order valence-electron chi connectivity index (χ0n) is 17.4. The molecule has 31 heavy (non-hydrogen) atoms. The van der Waals surface area contributed by atoms with Gasteiger partial charge in [0.15, 0.2) is 11.8 Å². The number of nitrogens with one attached hydrogen (secondary N) is 2. The zero-order valence-corrected chi connectivity index (χ0v) is 18.2. The topological polar surface area (TPSA) is 95.6 Å². The number of benzene rings is 2. The van der Waals surface area contributed by atoms with Crippen molar-refractivity contribution >= 4 is 34.0 Å². The average molecular weight is 435 g/mol. The highest BCUT2D eigenvalue weighted by Crippen LogP contribution is 2.22. The lowest BCUT2D eigenvalue weighted by Gasteiger charge is -2.29. The minimum atomic E-state index is -1.00. The molecular weight excluding hydrogens is 408 g/mol. The molecule has 1 aliphatic rings. The summed E-state index contributed by atoms with van der Waals surface area (Å²) in [5.41, 5.74) is 9.90. The highest BCUT2D eigenvalue weighted by atomic mass is 32.2. The second-order valence-electron chi connectivity index (χ2n) is 7.27. The smallest absolute Gasteiger partial charge is 0.199 e. The van der Waals surface area contributed by atoms with Crippen LogP contribution in [0.4, 0.5) is 17.2 Å². The molecule has 0 radical (unpaired) electrons. The minimum Gasteiger partial charge on any atom is -0.369 e. The van der Waals surface area contributed by atoms with Gasteiger partial charge in [0.05, 0.1) is 5.69 Å². The number of hydrogen-bond donors (Lipinski definition) is 3. The number of aliphatic imine (C=N–C) groups is 1. The zero-order chi connectivity index (χ0) is 21.6. The average Bonchev–Trinajstić information content (AvgIpc) is 2.80. The van der Waals surface area contributed by atoms with E-state index in [1.807, 2.05) is 48.5 Å². The van der Waals surface area contributed by atoms with Crippen LogP contribution in [0, 0.1) is 0 Å². The van der Waals surface area contributed by atoms with E-state index >= 15 is 0 Å². The summed E-state index contributed by atoms with van der Waals surface area (Å²) in [6, 6.07) is 21.3. The molecule has 0 aliphatic carbocycles. The Hall–Kier alpha value is -3.23. The molecule has 1 saturated heterocycles. The van der Waals surface area contributed by atoms with Gasteiger partial charge < -0.3 is 21.3 Å². The van der Waals surface area contributed by atoms with Gasteiger partial charge in [0.1, 0.15) is 0 Å². The van der Waals surface area contributed by atoms with Crippen LogP contribution < -0.4 is 21.3 Å². The van der Waals surface area contributed by atoms with Gasteiger partial charge in [0.25, 0.3) is 0 Å². The normalized spacial score (nSPS) is 15.5. The van der Waals surface area contributed by atoms with Gasteiger partial charge in [-0.05, 0) is 48.5 Å². The Kier molecular flexibility index (Phi) is 6.59. The Labute approximate surface area is 184 Å². The van der Waals surface area contributed by atoms with Gasteiger partial charge in [-0.1, -0.05) is 18.2 Å². The van der Waals surface area contributed by atoms with E-state index in [4.69, 9.17) is 5.73 Å². The van der Waals surface area contributed by atoms with Crippen molar-refractivity contribution in [2.24, 2.45) is 10.7 Å². The molecule has 4 rings (SSSR count). The first-order valence-electron chi connectivity index (χ1n) is 10.2. The van der Waals surface area contributed by atoms with Gasteiger partial charge in [-0.15, -0.1) is 0 Å². The molecule has 0 spiro atoms. The van der Waals surface area contributed by atoms with Crippen LogP contribution in [0.5, 0.6) is 0 Å². The third kappa shape index (κ3) is 5.48. The molecule has 7 nitrogen and oxygen atoms in total. The SMILES string of the molecule is CS(=O)c1ccc(-c2cccc(N=C(N)Nc3ccc(N4CCNCC4)cc3)n2)cc1. The summed E-state index contributed by atoms with van der Waals surface area (Å²) >= 11 is 0. The van der Waals surface area contributed by atoms with E-state index in [1.165, 1.54) is 5.69 Å². The van der Waals surface area contributed by atoms with Gasteiger partial charge in [0.2, 0.25) is 0 Å². The summed E-state index contributed by atoms with van der Waals surface area (Å²) in [4.78, 5) is 12.1. The first-order valence-corrected chi connectivity index (χ1v) is 11.7. The molecule has 2 aromatic carbocycles. The van der Waals surface area contributed by atoms with E-state index in [9.17, 15) is 4.21 Å². The predicted octanol–water partition coefficient (Wildman–Crippen LogP) is 2.95. The number of rotatable bonds is 5. The van der Waals surface area contributed by atoms with E-state index in [0.717, 1.165) is 48.0 Å². The Balaban J connectivity index is 1.44. The first kappa shape index (κ1) is 21.0. The molecule has 0 bridgehead atoms. The summed E-state index contributed by atoms with van der Waals surface area (Å²) in [6.45, 7) is 4.04. The Morgan fingerprint density at radius 3 is 2.45 bits per heavy atom. The minimum absolute atomic E-state index is 0.274. The van der Waals surface area contributed by atoms with Crippen molar-refractivity contribution in [3.8, 4) is 11.3 Å². The van der Waals surface area contributed by atoms with Crippen LogP contribution in [0.1, 0.15) is 0 Å². The van der Waals surface area contributed by atoms with Crippen LogP contribution in [-0.4, -0.2) is 47.6 Å². The van der Waals surface area contributed by atoms with Gasteiger partial charge in [0, 0.05) is 65.1 Å². The molecule has 1 unspecified atom stereocenters. The Morgan fingerprint density at radius 2 is 1.77 bits per heavy atom. The van der Waals surface area contributed by atoms with Crippen molar-refractivity contribution < 1.29 is 4.21 Å². The van der Waals surface area contributed by atoms with E-state index < -0.39 is 10.8 Å². The summed E-state index contributed by atoms with van der Waals surface area (Å²) in [5.74, 6) is 0.791. The number of nitrogens with two attached hydrogens (primary N) is 1. The summed E-state index contributed by atoms with van der Waals surface area (Å²) in [5, 5.41) is 6.48. The Bertz CT molecular complexity index is 1080. The van der Waals surface area contributed by atoms with E-state index in [-0.39, 0.29) is 5.96 Å². The fourth-order valence-corrected chi connectivity index (χ4v) is 3.96. The van der Waals surface area contributed by atoms with Gasteiger partial charge in [-0.3, -0.25) is 4.21 Å². The molecule has 3 aromatic rings.